The van der Waals surface area contributed by atoms with Gasteiger partial charge in [0.25, 0.3) is 0 Å². The second kappa shape index (κ2) is 7.02. The molecule has 26 heavy (non-hydrogen) atoms. The maximum atomic E-state index is 13.0. The van der Waals surface area contributed by atoms with E-state index in [1.165, 1.54) is 11.3 Å². The molecule has 0 aliphatic carbocycles. The van der Waals surface area contributed by atoms with Crippen LogP contribution in [0.15, 0.2) is 53.5 Å². The zero-order chi connectivity index (χ0) is 18.1. The minimum Gasteiger partial charge on any atom is -0.357 e. The number of hydrogen-bond donors (Lipinski definition) is 1. The number of hydrogen-bond acceptors (Lipinski definition) is 5. The summed E-state index contributed by atoms with van der Waals surface area (Å²) in [6, 6.07) is 15.0. The Morgan fingerprint density at radius 1 is 1.15 bits per heavy atom. The second-order valence-corrected chi connectivity index (χ2v) is 7.52. The number of ketones is 1. The molecule has 2 aromatic carbocycles. The Hall–Kier alpha value is -2.50. The van der Waals surface area contributed by atoms with Gasteiger partial charge in [0, 0.05) is 23.3 Å². The van der Waals surface area contributed by atoms with Crippen LogP contribution in [0, 0.1) is 6.92 Å². The number of aliphatic imine (C=N–C) groups is 1. The van der Waals surface area contributed by atoms with E-state index in [1.54, 1.807) is 12.3 Å². The molecule has 1 atom stereocenters. The Balaban J connectivity index is 1.58. The normalized spacial score (nSPS) is 15.8. The topological polar surface area (TPSA) is 54.4 Å². The van der Waals surface area contributed by atoms with Crippen LogP contribution in [-0.2, 0) is 6.54 Å². The van der Waals surface area contributed by atoms with Gasteiger partial charge in [0.15, 0.2) is 5.13 Å². The Bertz CT molecular complexity index is 977. The lowest BCUT2D eigenvalue weighted by Gasteiger charge is -2.17. The third kappa shape index (κ3) is 3.16. The number of aryl methyl sites for hydroxylation is 1. The van der Waals surface area contributed by atoms with Crippen molar-refractivity contribution in [2.24, 2.45) is 4.99 Å². The molecule has 0 bridgehead atoms. The van der Waals surface area contributed by atoms with Crippen molar-refractivity contribution in [1.82, 2.24) is 4.98 Å². The standard InChI is InChI=1S/C20H16ClN3OS/c1-12-6-5-9-14(21)16(12)18-19(25)17-15(11-22-18)26-20(24-17)23-10-13-7-3-2-4-8-13/h2-9,11,18H,10H2,1H3,(H,23,24). The summed E-state index contributed by atoms with van der Waals surface area (Å²) in [6.07, 6.45) is 1.73. The van der Waals surface area contributed by atoms with E-state index in [2.05, 4.69) is 15.3 Å². The minimum absolute atomic E-state index is 0.109. The zero-order valence-electron chi connectivity index (χ0n) is 14.1. The molecule has 130 valence electrons. The lowest BCUT2D eigenvalue weighted by Crippen LogP contribution is -2.18. The van der Waals surface area contributed by atoms with Crippen molar-refractivity contribution in [3.05, 3.63) is 80.8 Å². The molecular weight excluding hydrogens is 366 g/mol. The molecule has 0 saturated heterocycles. The molecular formula is C20H16ClN3OS. The smallest absolute Gasteiger partial charge is 0.211 e. The maximum Gasteiger partial charge on any atom is 0.211 e. The number of carbonyl (C=O) groups excluding carboxylic acids is 1. The van der Waals surface area contributed by atoms with E-state index >= 15 is 0 Å². The summed E-state index contributed by atoms with van der Waals surface area (Å²) >= 11 is 7.76. The highest BCUT2D eigenvalue weighted by atomic mass is 35.5. The molecule has 0 radical (unpaired) electrons. The van der Waals surface area contributed by atoms with Crippen LogP contribution < -0.4 is 5.32 Å². The zero-order valence-corrected chi connectivity index (χ0v) is 15.6. The van der Waals surface area contributed by atoms with Crippen molar-refractivity contribution in [2.75, 3.05) is 5.32 Å². The maximum absolute atomic E-state index is 13.0. The van der Waals surface area contributed by atoms with Crippen LogP contribution in [0.1, 0.15) is 38.1 Å². The highest BCUT2D eigenvalue weighted by Gasteiger charge is 2.32. The number of carbonyl (C=O) groups is 1. The number of nitrogens with zero attached hydrogens (tertiary/aromatic N) is 2. The van der Waals surface area contributed by atoms with Crippen molar-refractivity contribution in [3.8, 4) is 0 Å². The van der Waals surface area contributed by atoms with Gasteiger partial charge in [-0.2, -0.15) is 0 Å². The summed E-state index contributed by atoms with van der Waals surface area (Å²) < 4.78 is 0. The average molecular weight is 382 g/mol. The summed E-state index contributed by atoms with van der Waals surface area (Å²) in [5.41, 5.74) is 3.33. The van der Waals surface area contributed by atoms with Crippen LogP contribution in [0.4, 0.5) is 5.13 Å². The first kappa shape index (κ1) is 16.9. The van der Waals surface area contributed by atoms with Crippen molar-refractivity contribution < 1.29 is 4.79 Å². The Labute approximate surface area is 160 Å². The Morgan fingerprint density at radius 2 is 1.96 bits per heavy atom. The van der Waals surface area contributed by atoms with E-state index in [9.17, 15) is 4.79 Å². The number of Topliss-reactive ketones (excluding diaryl/α,β-unsaturated/α-hetero) is 1. The van der Waals surface area contributed by atoms with Crippen LogP contribution in [0.2, 0.25) is 5.02 Å². The van der Waals surface area contributed by atoms with Crippen LogP contribution in [-0.4, -0.2) is 17.0 Å². The molecule has 1 N–H and O–H groups in total. The van der Waals surface area contributed by atoms with E-state index in [0.29, 0.717) is 17.3 Å². The van der Waals surface area contributed by atoms with E-state index in [0.717, 1.165) is 26.7 Å². The van der Waals surface area contributed by atoms with Gasteiger partial charge in [-0.3, -0.25) is 9.79 Å². The van der Waals surface area contributed by atoms with Gasteiger partial charge < -0.3 is 5.32 Å². The molecule has 2 heterocycles. The third-order valence-electron chi connectivity index (χ3n) is 4.31. The molecule has 0 saturated carbocycles. The molecule has 4 rings (SSSR count). The Kier molecular flexibility index (Phi) is 4.57. The first-order valence-electron chi connectivity index (χ1n) is 8.24. The van der Waals surface area contributed by atoms with Gasteiger partial charge in [-0.05, 0) is 24.1 Å². The van der Waals surface area contributed by atoms with Gasteiger partial charge in [0.05, 0.1) is 4.88 Å². The summed E-state index contributed by atoms with van der Waals surface area (Å²) in [4.78, 5) is 22.7. The number of aromatic nitrogens is 1. The number of thiazole rings is 1. The van der Waals surface area contributed by atoms with E-state index < -0.39 is 6.04 Å². The predicted octanol–water partition coefficient (Wildman–Crippen LogP) is 5.07. The fraction of sp³-hybridized carbons (Fsp3) is 0.150. The van der Waals surface area contributed by atoms with Gasteiger partial charge in [0.2, 0.25) is 5.78 Å². The second-order valence-electron chi connectivity index (χ2n) is 6.09. The molecule has 0 amide bonds. The third-order valence-corrected chi connectivity index (χ3v) is 5.58. The van der Waals surface area contributed by atoms with Crippen molar-refractivity contribution in [2.45, 2.75) is 19.5 Å². The molecule has 1 aromatic heterocycles. The highest BCUT2D eigenvalue weighted by molar-refractivity contribution is 7.17. The number of anilines is 1. The number of halogens is 1. The molecule has 0 fully saturated rings. The van der Waals surface area contributed by atoms with Gasteiger partial charge in [-0.25, -0.2) is 4.98 Å². The molecule has 3 aromatic rings. The van der Waals surface area contributed by atoms with Gasteiger partial charge >= 0.3 is 0 Å². The fourth-order valence-corrected chi connectivity index (χ4v) is 4.15. The average Bonchev–Trinajstić information content (AvgIpc) is 3.07. The monoisotopic (exact) mass is 381 g/mol. The van der Waals surface area contributed by atoms with Crippen molar-refractivity contribution in [3.63, 3.8) is 0 Å². The van der Waals surface area contributed by atoms with Crippen LogP contribution in [0.25, 0.3) is 0 Å². The van der Waals surface area contributed by atoms with Crippen LogP contribution >= 0.6 is 22.9 Å². The summed E-state index contributed by atoms with van der Waals surface area (Å²) in [7, 11) is 0. The van der Waals surface area contributed by atoms with E-state index in [4.69, 9.17) is 11.6 Å². The van der Waals surface area contributed by atoms with Crippen LogP contribution in [0.3, 0.4) is 0 Å². The SMILES string of the molecule is Cc1cccc(Cl)c1C1N=Cc2sc(NCc3ccccc3)nc2C1=O. The minimum atomic E-state index is -0.625. The summed E-state index contributed by atoms with van der Waals surface area (Å²) in [5, 5.41) is 4.56. The van der Waals surface area contributed by atoms with E-state index in [1.807, 2.05) is 49.4 Å². The fourth-order valence-electron chi connectivity index (χ4n) is 2.98. The van der Waals surface area contributed by atoms with Gasteiger partial charge in [0.1, 0.15) is 11.7 Å². The molecule has 1 unspecified atom stereocenters. The lowest BCUT2D eigenvalue weighted by atomic mass is 9.95. The molecule has 4 nitrogen and oxygen atoms in total. The first-order chi connectivity index (χ1) is 12.6. The predicted molar refractivity (Wildman–Crippen MR) is 107 cm³/mol. The molecule has 0 spiro atoms. The largest absolute Gasteiger partial charge is 0.357 e. The highest BCUT2D eigenvalue weighted by Crippen LogP contribution is 2.36. The molecule has 1 aliphatic heterocycles. The molecule has 6 heteroatoms. The summed E-state index contributed by atoms with van der Waals surface area (Å²) in [6.45, 7) is 2.60. The Morgan fingerprint density at radius 3 is 2.73 bits per heavy atom. The molecule has 1 aliphatic rings. The van der Waals surface area contributed by atoms with Crippen LogP contribution in [0.5, 0.6) is 0 Å². The quantitative estimate of drug-likeness (QED) is 0.686. The van der Waals surface area contributed by atoms with E-state index in [-0.39, 0.29) is 5.78 Å². The first-order valence-corrected chi connectivity index (χ1v) is 9.44. The summed E-state index contributed by atoms with van der Waals surface area (Å²) in [5.74, 6) is -0.109. The van der Waals surface area contributed by atoms with Crippen molar-refractivity contribution in [1.29, 1.82) is 0 Å². The van der Waals surface area contributed by atoms with Crippen molar-refractivity contribution >= 4 is 40.1 Å². The lowest BCUT2D eigenvalue weighted by molar-refractivity contribution is 0.0956. The van der Waals surface area contributed by atoms with Gasteiger partial charge in [-0.1, -0.05) is 65.4 Å². The van der Waals surface area contributed by atoms with Gasteiger partial charge in [-0.15, -0.1) is 0 Å². The number of rotatable bonds is 4. The number of nitrogens with one attached hydrogen (secondary N) is 1. The number of benzene rings is 2. The number of fused-ring (bicyclic) bond motifs is 1.